The highest BCUT2D eigenvalue weighted by atomic mass is 127. The third-order valence-corrected chi connectivity index (χ3v) is 4.74. The normalized spacial score (nSPS) is 10.2. The third-order valence-electron chi connectivity index (χ3n) is 2.52. The van der Waals surface area contributed by atoms with Crippen LogP contribution in [-0.4, -0.2) is 0 Å². The number of nitrogens with zero attached hydrogens (tertiary/aromatic N) is 1. The van der Waals surface area contributed by atoms with Crippen LogP contribution in [0.25, 0.3) is 0 Å². The van der Waals surface area contributed by atoms with Gasteiger partial charge in [0.15, 0.2) is 0 Å². The van der Waals surface area contributed by atoms with Crippen LogP contribution in [0.1, 0.15) is 11.1 Å². The zero-order valence-corrected chi connectivity index (χ0v) is 16.4. The fraction of sp³-hybridized carbons (Fsp3) is 0.0714. The van der Waals surface area contributed by atoms with E-state index >= 15 is 0 Å². The van der Waals surface area contributed by atoms with Crippen LogP contribution < -0.4 is 4.74 Å². The van der Waals surface area contributed by atoms with Crippen LogP contribution in [0.5, 0.6) is 5.75 Å². The first-order chi connectivity index (χ1) is 9.51. The Kier molecular flexibility index (Phi) is 5.85. The second-order valence-electron chi connectivity index (χ2n) is 3.91. The minimum atomic E-state index is -0.417. The summed E-state index contributed by atoms with van der Waals surface area (Å²) >= 11 is 6.65. The lowest BCUT2D eigenvalue weighted by Gasteiger charge is -2.11. The lowest BCUT2D eigenvalue weighted by Crippen LogP contribution is -2.02. The summed E-state index contributed by atoms with van der Waals surface area (Å²) in [5, 5.41) is 8.71. The van der Waals surface area contributed by atoms with Gasteiger partial charge in [-0.3, -0.25) is 0 Å². The quantitative estimate of drug-likeness (QED) is 0.458. The molecule has 0 radical (unpaired) electrons. The van der Waals surface area contributed by atoms with Gasteiger partial charge >= 0.3 is 0 Å². The van der Waals surface area contributed by atoms with Crippen molar-refractivity contribution in [2.45, 2.75) is 6.61 Å². The number of hydrogen-bond donors (Lipinski definition) is 0. The summed E-state index contributed by atoms with van der Waals surface area (Å²) in [5.41, 5.74) is 0.749. The highest BCUT2D eigenvalue weighted by Gasteiger charge is 2.10. The average Bonchev–Trinajstić information content (AvgIpc) is 2.39. The molecule has 0 saturated carbocycles. The molecule has 0 aliphatic carbocycles. The summed E-state index contributed by atoms with van der Waals surface area (Å²) in [7, 11) is 0. The molecule has 0 bridgehead atoms. The topological polar surface area (TPSA) is 33.0 Å². The smallest absolute Gasteiger partial charge is 0.146 e. The molecule has 2 aromatic rings. The molecule has 6 heteroatoms. The summed E-state index contributed by atoms with van der Waals surface area (Å²) in [4.78, 5) is 0. The van der Waals surface area contributed by atoms with E-state index < -0.39 is 5.82 Å². The van der Waals surface area contributed by atoms with Crippen LogP contribution >= 0.6 is 67.8 Å². The predicted molar refractivity (Wildman–Crippen MR) is 100 cm³/mol. The molecule has 0 heterocycles. The Labute approximate surface area is 157 Å². The molecule has 0 aromatic heterocycles. The van der Waals surface area contributed by atoms with Crippen molar-refractivity contribution in [3.63, 3.8) is 0 Å². The van der Waals surface area contributed by atoms with E-state index in [-0.39, 0.29) is 6.61 Å². The van der Waals surface area contributed by atoms with Crippen molar-refractivity contribution >= 4 is 67.8 Å². The highest BCUT2D eigenvalue weighted by Crippen LogP contribution is 2.30. The Bertz CT molecular complexity index is 674. The van der Waals surface area contributed by atoms with Crippen molar-refractivity contribution in [3.05, 3.63) is 58.0 Å². The molecule has 0 amide bonds. The van der Waals surface area contributed by atoms with Gasteiger partial charge in [-0.2, -0.15) is 5.26 Å². The molecule has 0 fully saturated rings. The van der Waals surface area contributed by atoms with E-state index in [4.69, 9.17) is 10.00 Å². The Morgan fingerprint density at radius 2 is 1.75 bits per heavy atom. The summed E-state index contributed by atoms with van der Waals surface area (Å²) in [5.74, 6) is 0.343. The van der Waals surface area contributed by atoms with Crippen LogP contribution in [0.15, 0.2) is 30.3 Å². The number of benzene rings is 2. The number of hydrogen-bond acceptors (Lipinski definition) is 2. The number of ether oxygens (including phenoxy) is 1. The van der Waals surface area contributed by atoms with Gasteiger partial charge in [0.05, 0.1) is 18.8 Å². The largest absolute Gasteiger partial charge is 0.487 e. The second kappa shape index (κ2) is 7.22. The fourth-order valence-electron chi connectivity index (χ4n) is 1.55. The van der Waals surface area contributed by atoms with E-state index in [9.17, 15) is 4.39 Å². The number of nitriles is 1. The Morgan fingerprint density at radius 3 is 2.30 bits per heavy atom. The van der Waals surface area contributed by atoms with Crippen molar-refractivity contribution in [3.8, 4) is 11.8 Å². The minimum absolute atomic E-state index is 0.143. The van der Waals surface area contributed by atoms with E-state index in [1.165, 1.54) is 6.07 Å². The predicted octanol–water partition coefficient (Wildman–Crippen LogP) is 5.09. The van der Waals surface area contributed by atoms with Crippen molar-refractivity contribution in [2.75, 3.05) is 0 Å². The SMILES string of the molecule is N#Cc1ccc(COc2c(I)cc(I)cc2I)c(F)c1. The summed E-state index contributed by atoms with van der Waals surface area (Å²) in [6.07, 6.45) is 0. The first kappa shape index (κ1) is 16.2. The lowest BCUT2D eigenvalue weighted by molar-refractivity contribution is 0.295. The van der Waals surface area contributed by atoms with Crippen LogP contribution in [0, 0.1) is 27.9 Å². The molecule has 20 heavy (non-hydrogen) atoms. The molecular formula is C14H7FI3NO. The van der Waals surface area contributed by atoms with Gasteiger partial charge in [-0.15, -0.1) is 0 Å². The van der Waals surface area contributed by atoms with E-state index in [1.807, 2.05) is 18.2 Å². The van der Waals surface area contributed by atoms with E-state index in [1.54, 1.807) is 12.1 Å². The maximum absolute atomic E-state index is 13.8. The Morgan fingerprint density at radius 1 is 1.10 bits per heavy atom. The van der Waals surface area contributed by atoms with Crippen molar-refractivity contribution in [1.82, 2.24) is 0 Å². The van der Waals surface area contributed by atoms with E-state index in [2.05, 4.69) is 67.8 Å². The zero-order chi connectivity index (χ0) is 14.7. The first-order valence-electron chi connectivity index (χ1n) is 5.47. The van der Waals surface area contributed by atoms with Crippen LogP contribution in [0.4, 0.5) is 4.39 Å². The molecule has 2 nitrogen and oxygen atoms in total. The first-order valence-corrected chi connectivity index (χ1v) is 8.70. The van der Waals surface area contributed by atoms with Crippen molar-refractivity contribution < 1.29 is 9.13 Å². The summed E-state index contributed by atoms with van der Waals surface area (Å²) in [6, 6.07) is 10.3. The molecule has 0 unspecified atom stereocenters. The molecule has 2 rings (SSSR count). The molecule has 2 aromatic carbocycles. The van der Waals surface area contributed by atoms with Gasteiger partial charge < -0.3 is 4.74 Å². The summed E-state index contributed by atoms with van der Waals surface area (Å²) < 4.78 is 22.6. The maximum Gasteiger partial charge on any atom is 0.146 e. The molecular weight excluding hydrogens is 598 g/mol. The monoisotopic (exact) mass is 605 g/mol. The minimum Gasteiger partial charge on any atom is -0.487 e. The van der Waals surface area contributed by atoms with Crippen LogP contribution in [0.2, 0.25) is 0 Å². The van der Waals surface area contributed by atoms with Crippen molar-refractivity contribution in [2.24, 2.45) is 0 Å². The van der Waals surface area contributed by atoms with Gasteiger partial charge in [0.2, 0.25) is 0 Å². The van der Waals surface area contributed by atoms with E-state index in [0.717, 1.165) is 16.5 Å². The average molecular weight is 605 g/mol. The third kappa shape index (κ3) is 3.94. The molecule has 0 aliphatic heterocycles. The molecule has 0 N–H and O–H groups in total. The Hall–Kier alpha value is -0.150. The Balaban J connectivity index is 2.20. The lowest BCUT2D eigenvalue weighted by atomic mass is 10.1. The van der Waals surface area contributed by atoms with Gasteiger partial charge in [0, 0.05) is 9.13 Å². The molecule has 0 saturated heterocycles. The number of halogens is 4. The fourth-order valence-corrected chi connectivity index (χ4v) is 5.44. The molecule has 0 spiro atoms. The molecule has 0 aliphatic rings. The van der Waals surface area contributed by atoms with Crippen LogP contribution in [0.3, 0.4) is 0 Å². The van der Waals surface area contributed by atoms with Gasteiger partial charge in [0.25, 0.3) is 0 Å². The van der Waals surface area contributed by atoms with Crippen LogP contribution in [-0.2, 0) is 6.61 Å². The van der Waals surface area contributed by atoms with Gasteiger partial charge in [-0.1, -0.05) is 6.07 Å². The van der Waals surface area contributed by atoms with Crippen molar-refractivity contribution in [1.29, 1.82) is 5.26 Å². The summed E-state index contributed by atoms with van der Waals surface area (Å²) in [6.45, 7) is 0.143. The zero-order valence-electron chi connectivity index (χ0n) is 9.96. The number of rotatable bonds is 3. The van der Waals surface area contributed by atoms with Gasteiger partial charge in [0.1, 0.15) is 18.2 Å². The van der Waals surface area contributed by atoms with Gasteiger partial charge in [-0.05, 0) is 92.0 Å². The molecule has 102 valence electrons. The maximum atomic E-state index is 13.8. The highest BCUT2D eigenvalue weighted by molar-refractivity contribution is 14.1. The standard InChI is InChI=1S/C14H7FI3NO/c15-11-3-8(6-19)1-2-9(11)7-20-14-12(17)4-10(16)5-13(14)18/h1-5H,7H2. The second-order valence-corrected chi connectivity index (χ2v) is 7.48. The van der Waals surface area contributed by atoms with E-state index in [0.29, 0.717) is 11.1 Å². The van der Waals surface area contributed by atoms with Gasteiger partial charge in [-0.25, -0.2) is 4.39 Å². The molecule has 0 atom stereocenters.